The first kappa shape index (κ1) is 9.83. The highest BCUT2D eigenvalue weighted by Crippen LogP contribution is 1.91. The van der Waals surface area contributed by atoms with E-state index in [1.165, 1.54) is 0 Å². The summed E-state index contributed by atoms with van der Waals surface area (Å²) in [6.07, 6.45) is 0. The third-order valence-electron chi connectivity index (χ3n) is 0.271. The van der Waals surface area contributed by atoms with Gasteiger partial charge in [0.05, 0.1) is 0 Å². The third kappa shape index (κ3) is 8.82. The fourth-order valence-corrected chi connectivity index (χ4v) is 0. The molecule has 0 fully saturated rings. The van der Waals surface area contributed by atoms with Crippen molar-refractivity contribution < 1.29 is 22.7 Å². The predicted molar refractivity (Wildman–Crippen MR) is 25.8 cm³/mol. The molecule has 0 aromatic heterocycles. The van der Waals surface area contributed by atoms with E-state index in [1.54, 1.807) is 0 Å². The molecule has 0 saturated heterocycles. The van der Waals surface area contributed by atoms with Crippen LogP contribution in [0.5, 0.6) is 0 Å². The van der Waals surface area contributed by atoms with Crippen LogP contribution in [0.2, 0.25) is 0 Å². The Hall–Kier alpha value is 0.660. The van der Waals surface area contributed by atoms with Gasteiger partial charge >= 0.3 is 0 Å². The molecule has 0 saturated carbocycles. The molecule has 1 nitrogen and oxygen atoms in total. The van der Waals surface area contributed by atoms with Crippen molar-refractivity contribution in [2.24, 2.45) is 0 Å². The lowest BCUT2D eigenvalue weighted by molar-refractivity contribution is -0.353. The molecule has 0 spiro atoms. The average molecular weight is 217 g/mol. The van der Waals surface area contributed by atoms with E-state index in [9.17, 15) is 0 Å². The second kappa shape index (κ2) is 5.66. The molecule has 0 radical (unpaired) electrons. The Labute approximate surface area is 56.5 Å². The van der Waals surface area contributed by atoms with Crippen molar-refractivity contribution in [1.29, 1.82) is 0 Å². The van der Waals surface area contributed by atoms with E-state index in [-0.39, 0.29) is 17.0 Å². The molecule has 0 amide bonds. The minimum absolute atomic E-state index is 0. The lowest BCUT2D eigenvalue weighted by atomic mass is 10.7. The summed E-state index contributed by atoms with van der Waals surface area (Å²) in [5.41, 5.74) is 3.54. The van der Waals surface area contributed by atoms with Crippen LogP contribution in [0.25, 0.3) is 0 Å². The lowest BCUT2D eigenvalue weighted by Crippen LogP contribution is -3.00. The summed E-state index contributed by atoms with van der Waals surface area (Å²) in [4.78, 5) is 0. The summed E-state index contributed by atoms with van der Waals surface area (Å²) in [5.74, 6) is 0. The maximum atomic E-state index is 3.54. The van der Waals surface area contributed by atoms with E-state index in [0.29, 0.717) is 0 Å². The first-order chi connectivity index (χ1) is 2.27. The fraction of sp³-hybridized carbons (Fsp3) is 0.333. The van der Waals surface area contributed by atoms with Crippen LogP contribution in [-0.4, -0.2) is 6.54 Å². The van der Waals surface area contributed by atoms with E-state index in [0.717, 1.165) is 11.0 Å². The van der Waals surface area contributed by atoms with Gasteiger partial charge in [-0.1, -0.05) is 22.5 Å². The molecule has 3 N–H and O–H groups in total. The third-order valence-corrected chi connectivity index (χ3v) is 0.668. The minimum atomic E-state index is 0. The van der Waals surface area contributed by atoms with Gasteiger partial charge in [-0.3, -0.25) is 0 Å². The summed E-state index contributed by atoms with van der Waals surface area (Å²) in [6.45, 7) is 4.31. The summed E-state index contributed by atoms with van der Waals surface area (Å²) in [6, 6.07) is 0. The van der Waals surface area contributed by atoms with Crippen LogP contribution in [0.4, 0.5) is 0 Å². The van der Waals surface area contributed by atoms with Gasteiger partial charge < -0.3 is 22.7 Å². The van der Waals surface area contributed by atoms with Crippen molar-refractivity contribution >= 4 is 15.9 Å². The van der Waals surface area contributed by atoms with Crippen molar-refractivity contribution in [3.63, 3.8) is 0 Å². The number of hydrogen-bond acceptors (Lipinski definition) is 0. The second-order valence-electron chi connectivity index (χ2n) is 0.767. The molecule has 0 aromatic rings. The number of hydrogen-bond donors (Lipinski definition) is 1. The predicted octanol–water partition coefficient (Wildman–Crippen LogP) is -2.86. The number of halogens is 2. The zero-order chi connectivity index (χ0) is 4.28. The van der Waals surface area contributed by atoms with Crippen LogP contribution >= 0.6 is 15.9 Å². The highest BCUT2D eigenvalue weighted by Gasteiger charge is 1.74. The van der Waals surface area contributed by atoms with Gasteiger partial charge in [0.1, 0.15) is 6.54 Å². The zero-order valence-electron chi connectivity index (χ0n) is 3.38. The Balaban J connectivity index is 0. The summed E-state index contributed by atoms with van der Waals surface area (Å²) in [5, 5.41) is 0. The Morgan fingerprint density at radius 1 is 1.83 bits per heavy atom. The van der Waals surface area contributed by atoms with Crippen LogP contribution in [0.15, 0.2) is 11.1 Å². The van der Waals surface area contributed by atoms with E-state index in [4.69, 9.17) is 0 Å². The summed E-state index contributed by atoms with van der Waals surface area (Å²) in [7, 11) is 0. The van der Waals surface area contributed by atoms with Crippen molar-refractivity contribution in [3.05, 3.63) is 11.1 Å². The highest BCUT2D eigenvalue weighted by atomic mass is 79.9. The molecule has 0 heterocycles. The molecule has 0 unspecified atom stereocenters. The fourth-order valence-electron chi connectivity index (χ4n) is 0. The first-order valence-electron chi connectivity index (χ1n) is 1.40. The largest absolute Gasteiger partial charge is 1.00 e. The van der Waals surface area contributed by atoms with Crippen molar-refractivity contribution in [1.82, 2.24) is 0 Å². The zero-order valence-corrected chi connectivity index (χ0v) is 6.55. The molecule has 3 heteroatoms. The molecule has 6 heavy (non-hydrogen) atoms. The Bertz CT molecular complexity index is 44.1. The van der Waals surface area contributed by atoms with Crippen LogP contribution < -0.4 is 22.7 Å². The summed E-state index contributed by atoms with van der Waals surface area (Å²) < 4.78 is 0.956. The maximum absolute atomic E-state index is 3.54. The van der Waals surface area contributed by atoms with E-state index in [2.05, 4.69) is 28.2 Å². The molecular formula is C3H7Br2N. The van der Waals surface area contributed by atoms with Gasteiger partial charge in [-0.05, 0) is 0 Å². The van der Waals surface area contributed by atoms with E-state index < -0.39 is 0 Å². The topological polar surface area (TPSA) is 27.6 Å². The Morgan fingerprint density at radius 2 is 2.00 bits per heavy atom. The molecule has 0 bridgehead atoms. The molecular weight excluding hydrogens is 210 g/mol. The van der Waals surface area contributed by atoms with E-state index >= 15 is 0 Å². The van der Waals surface area contributed by atoms with Crippen LogP contribution in [0.1, 0.15) is 0 Å². The van der Waals surface area contributed by atoms with Gasteiger partial charge in [0, 0.05) is 4.48 Å². The highest BCUT2D eigenvalue weighted by molar-refractivity contribution is 9.11. The Kier molecular flexibility index (Phi) is 9.27. The van der Waals surface area contributed by atoms with E-state index in [1.807, 2.05) is 0 Å². The van der Waals surface area contributed by atoms with Gasteiger partial charge in [0.15, 0.2) is 0 Å². The van der Waals surface area contributed by atoms with Gasteiger partial charge in [-0.2, -0.15) is 0 Å². The molecule has 0 rings (SSSR count). The standard InChI is InChI=1S/C3H6BrN.BrH/c1-3(4)2-5;/h1-2,5H2;1H. The molecule has 0 aliphatic heterocycles. The monoisotopic (exact) mass is 215 g/mol. The molecule has 0 aliphatic carbocycles. The lowest BCUT2D eigenvalue weighted by Gasteiger charge is -1.74. The average Bonchev–Trinajstić information content (AvgIpc) is 1.38. The van der Waals surface area contributed by atoms with Crippen molar-refractivity contribution in [3.8, 4) is 0 Å². The minimum Gasteiger partial charge on any atom is -1.00 e. The molecule has 0 atom stereocenters. The van der Waals surface area contributed by atoms with Crippen molar-refractivity contribution in [2.75, 3.05) is 6.54 Å². The van der Waals surface area contributed by atoms with Gasteiger partial charge in [0.25, 0.3) is 0 Å². The summed E-state index contributed by atoms with van der Waals surface area (Å²) >= 11 is 3.12. The quantitative estimate of drug-likeness (QED) is 0.489. The second-order valence-corrected chi connectivity index (χ2v) is 1.89. The smallest absolute Gasteiger partial charge is 0.106 e. The van der Waals surface area contributed by atoms with Gasteiger partial charge in [-0.15, -0.1) is 0 Å². The molecule has 0 aromatic carbocycles. The van der Waals surface area contributed by atoms with Crippen LogP contribution in [0, 0.1) is 0 Å². The SMILES string of the molecule is C=C(Br)C[NH3+].[Br-]. The number of quaternary nitrogens is 1. The maximum Gasteiger partial charge on any atom is 0.106 e. The number of rotatable bonds is 1. The van der Waals surface area contributed by atoms with Crippen LogP contribution in [0.3, 0.4) is 0 Å². The van der Waals surface area contributed by atoms with Crippen molar-refractivity contribution in [2.45, 2.75) is 0 Å². The van der Waals surface area contributed by atoms with Gasteiger partial charge in [0.2, 0.25) is 0 Å². The Morgan fingerprint density at radius 3 is 2.00 bits per heavy atom. The van der Waals surface area contributed by atoms with Crippen LogP contribution in [-0.2, 0) is 0 Å². The van der Waals surface area contributed by atoms with Gasteiger partial charge in [-0.25, -0.2) is 0 Å². The molecule has 0 aliphatic rings. The normalized spacial score (nSPS) is 6.33. The molecule has 38 valence electrons. The first-order valence-corrected chi connectivity index (χ1v) is 2.19.